The van der Waals surface area contributed by atoms with Crippen LogP contribution in [0.25, 0.3) is 0 Å². The number of rotatable bonds is 4. The fourth-order valence-electron chi connectivity index (χ4n) is 1.21. The van der Waals surface area contributed by atoms with Gasteiger partial charge in [0.25, 0.3) is 0 Å². The van der Waals surface area contributed by atoms with Crippen LogP contribution >= 0.6 is 0 Å². The first-order valence-electron chi connectivity index (χ1n) is 4.73. The van der Waals surface area contributed by atoms with Crippen molar-refractivity contribution < 1.29 is 43.6 Å². The van der Waals surface area contributed by atoms with E-state index >= 15 is 0 Å². The number of hydrogen-bond acceptors (Lipinski definition) is 4. The van der Waals surface area contributed by atoms with Crippen molar-refractivity contribution >= 4 is 15.8 Å². The summed E-state index contributed by atoms with van der Waals surface area (Å²) in [6, 6.07) is 5.13. The first-order valence-corrected chi connectivity index (χ1v) is 6.31. The summed E-state index contributed by atoms with van der Waals surface area (Å²) in [7, 11) is -3.51. The molecule has 4 nitrogen and oxygen atoms in total. The van der Waals surface area contributed by atoms with E-state index in [4.69, 9.17) is 9.92 Å². The third-order valence-electron chi connectivity index (χ3n) is 1.91. The van der Waals surface area contributed by atoms with Crippen LogP contribution in [0.2, 0.25) is 0 Å². The molecule has 2 N–H and O–H groups in total. The van der Waals surface area contributed by atoms with Crippen LogP contribution in [0.1, 0.15) is 20.3 Å². The zero-order valence-corrected chi connectivity index (χ0v) is 12.7. The van der Waals surface area contributed by atoms with E-state index in [2.05, 4.69) is 0 Å². The fourth-order valence-corrected chi connectivity index (χ4v) is 2.27. The van der Waals surface area contributed by atoms with Crippen molar-refractivity contribution in [2.45, 2.75) is 20.3 Å². The molecule has 0 aliphatic rings. The van der Waals surface area contributed by atoms with Gasteiger partial charge in [0.2, 0.25) is 0 Å². The maximum Gasteiger partial charge on any atom is 1.00 e. The van der Waals surface area contributed by atoms with Gasteiger partial charge in [-0.25, -0.2) is 0 Å². The molecule has 6 heteroatoms. The van der Waals surface area contributed by atoms with E-state index in [0.29, 0.717) is 12.1 Å². The molecule has 0 unspecified atom stereocenters. The van der Waals surface area contributed by atoms with Gasteiger partial charge in [-0.1, -0.05) is 19.1 Å². The van der Waals surface area contributed by atoms with Crippen LogP contribution in [0.5, 0.6) is 5.75 Å². The molecule has 1 rings (SSSR count). The van der Waals surface area contributed by atoms with Crippen LogP contribution in [-0.4, -0.2) is 14.2 Å². The molecule has 0 aliphatic heterocycles. The zero-order valence-electron chi connectivity index (χ0n) is 10.9. The second-order valence-electron chi connectivity index (χ2n) is 3.34. The zero-order chi connectivity index (χ0) is 11.5. The van der Waals surface area contributed by atoms with Gasteiger partial charge in [-0.15, -0.1) is 0 Å². The Hall–Kier alpha value is -0.230. The molecule has 0 saturated carbocycles. The van der Waals surface area contributed by atoms with Gasteiger partial charge in [0.05, 0.1) is 11.4 Å². The minimum Gasteiger partial charge on any atom is -1.00 e. The summed E-state index contributed by atoms with van der Waals surface area (Å²) in [4.78, 5) is 0. The predicted octanol–water partition coefficient (Wildman–Crippen LogP) is -1.19. The van der Waals surface area contributed by atoms with E-state index in [0.717, 1.165) is 5.56 Å². The maximum atomic E-state index is 11.4. The van der Waals surface area contributed by atoms with Crippen molar-refractivity contribution in [2.75, 3.05) is 11.5 Å². The van der Waals surface area contributed by atoms with Crippen LogP contribution in [0, 0.1) is 6.92 Å². The molecule has 86 valence electrons. The van der Waals surface area contributed by atoms with Crippen molar-refractivity contribution in [3.8, 4) is 5.75 Å². The number of nitrogens with two attached hydrogens (primary N) is 1. The Morgan fingerprint density at radius 3 is 2.56 bits per heavy atom. The van der Waals surface area contributed by atoms with Crippen molar-refractivity contribution in [3.63, 3.8) is 0 Å². The van der Waals surface area contributed by atoms with Crippen LogP contribution in [-0.2, 0) is 10.1 Å². The quantitative estimate of drug-likeness (QED) is 0.416. The van der Waals surface area contributed by atoms with Crippen molar-refractivity contribution in [3.05, 3.63) is 23.8 Å². The van der Waals surface area contributed by atoms with Crippen LogP contribution in [0.4, 0.5) is 5.69 Å². The molecule has 0 spiro atoms. The molecule has 0 bridgehead atoms. The number of aryl methyl sites for hydroxylation is 1. The second kappa shape index (κ2) is 6.49. The molecular weight excluding hydrogens is 237 g/mol. The Morgan fingerprint density at radius 1 is 1.44 bits per heavy atom. The van der Waals surface area contributed by atoms with Crippen LogP contribution in [0.3, 0.4) is 0 Å². The Labute approximate surface area is 120 Å². The first kappa shape index (κ1) is 15.8. The summed E-state index contributed by atoms with van der Waals surface area (Å²) in [6.45, 7) is 3.54. The molecule has 1 aromatic rings. The SMILES string of the molecule is CCCS(=O)(=O)Oc1c(C)cccc1N.[H-].[Na+]. The predicted molar refractivity (Wildman–Crippen MR) is 61.4 cm³/mol. The third kappa shape index (κ3) is 4.33. The Kier molecular flexibility index (Phi) is 6.40. The van der Waals surface area contributed by atoms with E-state index < -0.39 is 10.1 Å². The van der Waals surface area contributed by atoms with Gasteiger partial charge in [-0.3, -0.25) is 0 Å². The summed E-state index contributed by atoms with van der Waals surface area (Å²) in [5, 5.41) is 0. The van der Waals surface area contributed by atoms with E-state index in [1.807, 2.05) is 0 Å². The van der Waals surface area contributed by atoms with Crippen molar-refractivity contribution in [1.82, 2.24) is 0 Å². The Bertz CT molecular complexity index is 431. The maximum absolute atomic E-state index is 11.4. The monoisotopic (exact) mass is 253 g/mol. The van der Waals surface area contributed by atoms with Gasteiger partial charge in [0.15, 0.2) is 5.75 Å². The molecule has 0 aromatic heterocycles. The summed E-state index contributed by atoms with van der Waals surface area (Å²) >= 11 is 0. The molecular formula is C10H16NNaO3S. The second-order valence-corrected chi connectivity index (χ2v) is 5.03. The molecule has 16 heavy (non-hydrogen) atoms. The topological polar surface area (TPSA) is 69.4 Å². The molecule has 0 amide bonds. The number of para-hydroxylation sites is 1. The summed E-state index contributed by atoms with van der Waals surface area (Å²) in [6.07, 6.45) is 0.522. The molecule has 0 atom stereocenters. The van der Waals surface area contributed by atoms with E-state index in [1.54, 1.807) is 32.0 Å². The largest absolute Gasteiger partial charge is 1.00 e. The van der Waals surface area contributed by atoms with E-state index in [-0.39, 0.29) is 42.5 Å². The Morgan fingerprint density at radius 2 is 2.06 bits per heavy atom. The van der Waals surface area contributed by atoms with Gasteiger partial charge in [-0.05, 0) is 25.0 Å². The average molecular weight is 253 g/mol. The first-order chi connectivity index (χ1) is 6.96. The summed E-state index contributed by atoms with van der Waals surface area (Å²) in [5.41, 5.74) is 6.69. The van der Waals surface area contributed by atoms with Gasteiger partial charge < -0.3 is 11.3 Å². The molecule has 0 heterocycles. The van der Waals surface area contributed by atoms with E-state index in [1.165, 1.54) is 0 Å². The van der Waals surface area contributed by atoms with Gasteiger partial charge in [0.1, 0.15) is 0 Å². The van der Waals surface area contributed by atoms with Crippen LogP contribution in [0.15, 0.2) is 18.2 Å². The third-order valence-corrected chi connectivity index (χ3v) is 3.24. The minimum atomic E-state index is -3.51. The van der Waals surface area contributed by atoms with Gasteiger partial charge in [0, 0.05) is 0 Å². The molecule has 0 fully saturated rings. The van der Waals surface area contributed by atoms with Gasteiger partial charge in [-0.2, -0.15) is 8.42 Å². The molecule has 0 aliphatic carbocycles. The minimum absolute atomic E-state index is 0. The van der Waals surface area contributed by atoms with Crippen molar-refractivity contribution in [2.24, 2.45) is 0 Å². The van der Waals surface area contributed by atoms with Gasteiger partial charge >= 0.3 is 39.7 Å². The average Bonchev–Trinajstić information content (AvgIpc) is 2.11. The summed E-state index contributed by atoms with van der Waals surface area (Å²) in [5.74, 6) is 0.242. The number of nitrogen functional groups attached to an aromatic ring is 1. The molecule has 0 saturated heterocycles. The van der Waals surface area contributed by atoms with Crippen LogP contribution < -0.4 is 39.5 Å². The molecule has 1 aromatic carbocycles. The summed E-state index contributed by atoms with van der Waals surface area (Å²) < 4.78 is 27.8. The smallest absolute Gasteiger partial charge is 1.00 e. The standard InChI is InChI=1S/C10H15NO3S.Na.H/c1-3-7-15(12,13)14-10-8(2)5-4-6-9(10)11;;/h4-6H,3,7,11H2,1-2H3;;/q;+1;-1. The number of anilines is 1. The van der Waals surface area contributed by atoms with E-state index in [9.17, 15) is 8.42 Å². The normalized spacial score (nSPS) is 10.6. The number of benzene rings is 1. The van der Waals surface area contributed by atoms with Crippen molar-refractivity contribution in [1.29, 1.82) is 0 Å². The fraction of sp³-hybridized carbons (Fsp3) is 0.400. The number of hydrogen-bond donors (Lipinski definition) is 1. The Balaban J connectivity index is 0. The molecule has 0 radical (unpaired) electrons.